The number of aromatic amines is 1. The lowest BCUT2D eigenvalue weighted by Crippen LogP contribution is -2.31. The molecule has 1 aliphatic rings. The topological polar surface area (TPSA) is 92.2 Å². The Labute approximate surface area is 193 Å². The van der Waals surface area contributed by atoms with E-state index in [1.54, 1.807) is 24.3 Å². The zero-order valence-corrected chi connectivity index (χ0v) is 18.3. The molecule has 3 heterocycles. The maximum Gasteiger partial charge on any atom is 0.253 e. The van der Waals surface area contributed by atoms with Crippen LogP contribution in [-0.4, -0.2) is 32.8 Å². The van der Waals surface area contributed by atoms with Crippen molar-refractivity contribution in [2.45, 2.75) is 13.0 Å². The number of fused-ring (bicyclic) bond motifs is 3. The molecule has 1 aliphatic heterocycles. The molecule has 1 N–H and O–H groups in total. The third-order valence-electron chi connectivity index (χ3n) is 6.23. The number of pyridine rings is 2. The molecular formula is C27H21N3O4. The van der Waals surface area contributed by atoms with Gasteiger partial charge in [0.25, 0.3) is 11.8 Å². The highest BCUT2D eigenvalue weighted by atomic mass is 16.2. The zero-order chi connectivity index (χ0) is 24.0. The number of amides is 2. The molecule has 0 saturated heterocycles. The molecule has 2 aromatic carbocycles. The molecule has 0 spiro atoms. The van der Waals surface area contributed by atoms with Crippen LogP contribution in [0.1, 0.15) is 17.7 Å². The number of benzene rings is 2. The molecule has 7 heteroatoms. The number of aryl methyl sites for hydroxylation is 1. The number of aromatic nitrogens is 2. The second kappa shape index (κ2) is 8.12. The van der Waals surface area contributed by atoms with Crippen molar-refractivity contribution in [3.05, 3.63) is 93.4 Å². The summed E-state index contributed by atoms with van der Waals surface area (Å²) < 4.78 is 1.97. The van der Waals surface area contributed by atoms with Gasteiger partial charge in [-0.1, -0.05) is 31.4 Å². The van der Waals surface area contributed by atoms with Crippen LogP contribution in [0.4, 0.5) is 0 Å². The molecule has 4 aromatic rings. The first-order valence-electron chi connectivity index (χ1n) is 10.9. The average Bonchev–Trinajstić information content (AvgIpc) is 3.17. The first-order chi connectivity index (χ1) is 16.4. The molecule has 7 nitrogen and oxygen atoms in total. The van der Waals surface area contributed by atoms with Gasteiger partial charge in [-0.2, -0.15) is 0 Å². The number of carbonyl (C=O) groups is 2. The lowest BCUT2D eigenvalue weighted by molar-refractivity contribution is -0.136. The van der Waals surface area contributed by atoms with Crippen LogP contribution in [0.25, 0.3) is 44.9 Å². The molecule has 0 radical (unpaired) electrons. The minimum absolute atomic E-state index is 0.133. The quantitative estimate of drug-likeness (QED) is 0.358. The summed E-state index contributed by atoms with van der Waals surface area (Å²) in [7, 11) is 0. The highest BCUT2D eigenvalue weighted by Crippen LogP contribution is 2.24. The lowest BCUT2D eigenvalue weighted by atomic mass is 10.0. The number of rotatable bonds is 6. The van der Waals surface area contributed by atoms with Crippen LogP contribution in [0.3, 0.4) is 0 Å². The molecule has 0 saturated carbocycles. The number of hydrogen-bond donors (Lipinski definition) is 1. The summed E-state index contributed by atoms with van der Waals surface area (Å²) in [5, 5.41) is 1.46. The highest BCUT2D eigenvalue weighted by Gasteiger charge is 2.23. The van der Waals surface area contributed by atoms with Crippen molar-refractivity contribution in [3.63, 3.8) is 0 Å². The van der Waals surface area contributed by atoms with Gasteiger partial charge in [0, 0.05) is 52.7 Å². The normalized spacial score (nSPS) is 13.5. The van der Waals surface area contributed by atoms with Crippen molar-refractivity contribution in [1.82, 2.24) is 14.5 Å². The van der Waals surface area contributed by atoms with E-state index in [9.17, 15) is 19.2 Å². The standard InChI is InChI=1S/C27H21N3O4/c1-3-16-20(4-2)28-21-14-19-23(15-18(21)26(16)33)29(22-9-6-5-8-17(22)27(19)34)12-7-13-30-24(31)10-11-25(30)32/h3-6,8-11,14-15H,1-2,7,12-13H2,(H,28,33). The van der Waals surface area contributed by atoms with Crippen molar-refractivity contribution in [2.75, 3.05) is 6.54 Å². The van der Waals surface area contributed by atoms with Crippen LogP contribution in [0.15, 0.2) is 71.3 Å². The lowest BCUT2D eigenvalue weighted by Gasteiger charge is -2.18. The van der Waals surface area contributed by atoms with Crippen LogP contribution in [0, 0.1) is 0 Å². The summed E-state index contributed by atoms with van der Waals surface area (Å²) in [6, 6.07) is 10.7. The predicted octanol–water partition coefficient (Wildman–Crippen LogP) is 3.60. The summed E-state index contributed by atoms with van der Waals surface area (Å²) in [6.45, 7) is 8.20. The molecule has 5 rings (SSSR count). The average molecular weight is 451 g/mol. The van der Waals surface area contributed by atoms with Gasteiger partial charge in [0.1, 0.15) is 0 Å². The number of H-pyrrole nitrogens is 1. The first-order valence-corrected chi connectivity index (χ1v) is 10.9. The smallest absolute Gasteiger partial charge is 0.253 e. The van der Waals surface area contributed by atoms with Crippen molar-refractivity contribution in [1.29, 1.82) is 0 Å². The van der Waals surface area contributed by atoms with Crippen molar-refractivity contribution >= 4 is 56.7 Å². The van der Waals surface area contributed by atoms with Crippen LogP contribution in [-0.2, 0) is 16.1 Å². The molecule has 34 heavy (non-hydrogen) atoms. The summed E-state index contributed by atoms with van der Waals surface area (Å²) >= 11 is 0. The van der Waals surface area contributed by atoms with Gasteiger partial charge in [-0.3, -0.25) is 24.1 Å². The van der Waals surface area contributed by atoms with Gasteiger partial charge >= 0.3 is 0 Å². The summed E-state index contributed by atoms with van der Waals surface area (Å²) in [6.07, 6.45) is 6.06. The zero-order valence-electron chi connectivity index (χ0n) is 18.3. The molecular weight excluding hydrogens is 430 g/mol. The third-order valence-corrected chi connectivity index (χ3v) is 6.23. The second-order valence-corrected chi connectivity index (χ2v) is 8.12. The Morgan fingerprint density at radius 1 is 0.794 bits per heavy atom. The Kier molecular flexibility index (Phi) is 5.09. The molecule has 0 bridgehead atoms. The van der Waals surface area contributed by atoms with E-state index in [4.69, 9.17) is 0 Å². The Morgan fingerprint density at radius 2 is 1.53 bits per heavy atom. The van der Waals surface area contributed by atoms with Gasteiger partial charge < -0.3 is 9.55 Å². The minimum Gasteiger partial charge on any atom is -0.354 e. The highest BCUT2D eigenvalue weighted by molar-refractivity contribution is 6.12. The van der Waals surface area contributed by atoms with Crippen LogP contribution < -0.4 is 10.9 Å². The fourth-order valence-corrected chi connectivity index (χ4v) is 4.58. The van der Waals surface area contributed by atoms with E-state index in [-0.39, 0.29) is 29.2 Å². The monoisotopic (exact) mass is 451 g/mol. The van der Waals surface area contributed by atoms with Gasteiger partial charge in [-0.15, -0.1) is 0 Å². The van der Waals surface area contributed by atoms with E-state index in [1.807, 2.05) is 22.8 Å². The Balaban J connectivity index is 1.73. The molecule has 0 unspecified atom stereocenters. The summed E-state index contributed by atoms with van der Waals surface area (Å²) in [5.41, 5.74) is 2.49. The van der Waals surface area contributed by atoms with E-state index in [0.717, 1.165) is 5.52 Å². The third kappa shape index (κ3) is 3.21. The van der Waals surface area contributed by atoms with Crippen LogP contribution in [0.5, 0.6) is 0 Å². The van der Waals surface area contributed by atoms with Crippen LogP contribution in [0.2, 0.25) is 0 Å². The van der Waals surface area contributed by atoms with Gasteiger partial charge in [-0.25, -0.2) is 0 Å². The predicted molar refractivity (Wildman–Crippen MR) is 134 cm³/mol. The second-order valence-electron chi connectivity index (χ2n) is 8.12. The van der Waals surface area contributed by atoms with E-state index < -0.39 is 0 Å². The largest absolute Gasteiger partial charge is 0.354 e. The summed E-state index contributed by atoms with van der Waals surface area (Å²) in [5.74, 6) is -0.653. The van der Waals surface area contributed by atoms with E-state index in [1.165, 1.54) is 23.1 Å². The van der Waals surface area contributed by atoms with Crippen LogP contribution >= 0.6 is 0 Å². The van der Waals surface area contributed by atoms with Gasteiger partial charge in [0.15, 0.2) is 10.9 Å². The molecule has 2 aromatic heterocycles. The molecule has 0 atom stereocenters. The Bertz CT molecular complexity index is 1690. The van der Waals surface area contributed by atoms with Gasteiger partial charge in [0.2, 0.25) is 0 Å². The molecule has 2 amide bonds. The molecule has 0 aliphatic carbocycles. The SMILES string of the molecule is C=Cc1[nH]c2cc3c(=O)c4ccccc4n(CCCN4C(=O)C=CC4=O)c3cc2c(=O)c1C=C. The minimum atomic E-state index is -0.327. The summed E-state index contributed by atoms with van der Waals surface area (Å²) in [4.78, 5) is 54.8. The van der Waals surface area contributed by atoms with E-state index in [0.29, 0.717) is 51.4 Å². The Hall–Kier alpha value is -4.52. The molecule has 0 fully saturated rings. The maximum absolute atomic E-state index is 13.4. The number of nitrogens with zero attached hydrogens (tertiary/aromatic N) is 2. The number of para-hydroxylation sites is 1. The Morgan fingerprint density at radius 3 is 2.24 bits per heavy atom. The number of carbonyl (C=O) groups excluding carboxylic acids is 2. The van der Waals surface area contributed by atoms with Gasteiger partial charge in [0.05, 0.1) is 16.6 Å². The maximum atomic E-state index is 13.4. The van der Waals surface area contributed by atoms with Crippen molar-refractivity contribution < 1.29 is 9.59 Å². The van der Waals surface area contributed by atoms with Gasteiger partial charge in [-0.05, 0) is 36.8 Å². The van der Waals surface area contributed by atoms with Crippen molar-refractivity contribution in [3.8, 4) is 0 Å². The number of nitrogens with one attached hydrogen (secondary N) is 1. The number of hydrogen-bond acceptors (Lipinski definition) is 4. The van der Waals surface area contributed by atoms with E-state index >= 15 is 0 Å². The molecule has 168 valence electrons. The first kappa shape index (κ1) is 21.3. The van der Waals surface area contributed by atoms with E-state index in [2.05, 4.69) is 18.1 Å². The number of imide groups is 1. The fourth-order valence-electron chi connectivity index (χ4n) is 4.58. The fraction of sp³-hybridized carbons (Fsp3) is 0.111. The van der Waals surface area contributed by atoms with Crippen molar-refractivity contribution in [2.24, 2.45) is 0 Å².